The summed E-state index contributed by atoms with van der Waals surface area (Å²) in [6.45, 7) is 0. The first kappa shape index (κ1) is 14.5. The molecule has 20 heavy (non-hydrogen) atoms. The number of nitrogen functional groups attached to an aromatic ring is 1. The van der Waals surface area contributed by atoms with E-state index in [9.17, 15) is 16.8 Å². The molecule has 0 aliphatic rings. The van der Waals surface area contributed by atoms with Crippen LogP contribution in [0.1, 0.15) is 0 Å². The number of H-pyrrole nitrogens is 1. The summed E-state index contributed by atoms with van der Waals surface area (Å²) in [4.78, 5) is -0.503. The standard InChI is InChI=1S/C11H13N3O4S2/c1-19(15,16)9-5-3-4-7(11(9)20(2,17)18)8-6-10(12)14-13-8/h3-6H,1-2H3,(H3,12,13,14). The van der Waals surface area contributed by atoms with Crippen molar-refractivity contribution in [2.75, 3.05) is 18.2 Å². The van der Waals surface area contributed by atoms with Crippen LogP contribution in [0.2, 0.25) is 0 Å². The summed E-state index contributed by atoms with van der Waals surface area (Å²) < 4.78 is 47.5. The minimum Gasteiger partial charge on any atom is -0.382 e. The summed E-state index contributed by atoms with van der Waals surface area (Å²) in [6, 6.07) is 5.67. The fraction of sp³-hybridized carbons (Fsp3) is 0.182. The molecule has 108 valence electrons. The van der Waals surface area contributed by atoms with Crippen molar-refractivity contribution in [2.24, 2.45) is 0 Å². The number of benzene rings is 1. The van der Waals surface area contributed by atoms with E-state index in [1.165, 1.54) is 24.3 Å². The molecule has 0 fully saturated rings. The normalized spacial score (nSPS) is 12.5. The molecule has 1 heterocycles. The predicted octanol–water partition coefficient (Wildman–Crippen LogP) is 0.466. The molecule has 0 spiro atoms. The van der Waals surface area contributed by atoms with Gasteiger partial charge in [-0.1, -0.05) is 12.1 Å². The summed E-state index contributed by atoms with van der Waals surface area (Å²) in [7, 11) is -7.44. The number of anilines is 1. The van der Waals surface area contributed by atoms with E-state index in [0.29, 0.717) is 5.69 Å². The van der Waals surface area contributed by atoms with E-state index in [4.69, 9.17) is 5.73 Å². The molecule has 0 saturated carbocycles. The van der Waals surface area contributed by atoms with E-state index in [1.54, 1.807) is 0 Å². The van der Waals surface area contributed by atoms with E-state index in [1.807, 2.05) is 0 Å². The van der Waals surface area contributed by atoms with E-state index < -0.39 is 19.7 Å². The summed E-state index contributed by atoms with van der Waals surface area (Å²) in [5, 5.41) is 6.30. The van der Waals surface area contributed by atoms with Crippen molar-refractivity contribution in [3.8, 4) is 11.3 Å². The highest BCUT2D eigenvalue weighted by Gasteiger charge is 2.25. The first-order valence-electron chi connectivity index (χ1n) is 5.45. The quantitative estimate of drug-likeness (QED) is 0.848. The second kappa shape index (κ2) is 4.60. The van der Waals surface area contributed by atoms with Gasteiger partial charge in [0.15, 0.2) is 19.7 Å². The maximum Gasteiger partial charge on any atom is 0.177 e. The second-order valence-corrected chi connectivity index (χ2v) is 8.32. The number of aromatic amines is 1. The number of sulfone groups is 2. The highest BCUT2D eigenvalue weighted by Crippen LogP contribution is 2.32. The van der Waals surface area contributed by atoms with E-state index >= 15 is 0 Å². The summed E-state index contributed by atoms with van der Waals surface area (Å²) in [5.74, 6) is 0.184. The molecule has 9 heteroatoms. The zero-order chi connectivity index (χ0) is 15.1. The molecule has 3 N–H and O–H groups in total. The first-order valence-corrected chi connectivity index (χ1v) is 9.23. The van der Waals surface area contributed by atoms with Crippen molar-refractivity contribution >= 4 is 25.5 Å². The molecular weight excluding hydrogens is 302 g/mol. The van der Waals surface area contributed by atoms with Gasteiger partial charge in [-0.2, -0.15) is 5.10 Å². The van der Waals surface area contributed by atoms with Crippen molar-refractivity contribution in [3.05, 3.63) is 24.3 Å². The van der Waals surface area contributed by atoms with Crippen LogP contribution in [0.5, 0.6) is 0 Å². The predicted molar refractivity (Wildman–Crippen MR) is 74.7 cm³/mol. The Morgan fingerprint density at radius 1 is 1.10 bits per heavy atom. The molecule has 0 amide bonds. The lowest BCUT2D eigenvalue weighted by Crippen LogP contribution is -2.09. The van der Waals surface area contributed by atoms with Gasteiger partial charge in [-0.3, -0.25) is 5.10 Å². The summed E-state index contributed by atoms with van der Waals surface area (Å²) in [6.07, 6.45) is 1.92. The zero-order valence-electron chi connectivity index (χ0n) is 10.8. The van der Waals surface area contributed by atoms with Crippen molar-refractivity contribution < 1.29 is 16.8 Å². The Morgan fingerprint density at radius 2 is 1.75 bits per heavy atom. The maximum atomic E-state index is 12.0. The van der Waals surface area contributed by atoms with Gasteiger partial charge in [-0.15, -0.1) is 0 Å². The number of hydrogen-bond acceptors (Lipinski definition) is 6. The number of hydrogen-bond donors (Lipinski definition) is 2. The molecule has 0 saturated heterocycles. The monoisotopic (exact) mass is 315 g/mol. The Hall–Kier alpha value is -1.87. The third kappa shape index (κ3) is 2.68. The van der Waals surface area contributed by atoms with Gasteiger partial charge < -0.3 is 5.73 Å². The van der Waals surface area contributed by atoms with Crippen LogP contribution in [0.4, 0.5) is 5.82 Å². The Labute approximate surface area is 116 Å². The van der Waals surface area contributed by atoms with Gasteiger partial charge in [0.05, 0.1) is 15.5 Å². The topological polar surface area (TPSA) is 123 Å². The summed E-state index contributed by atoms with van der Waals surface area (Å²) >= 11 is 0. The van der Waals surface area contributed by atoms with E-state index in [0.717, 1.165) is 12.5 Å². The Balaban J connectivity index is 2.90. The van der Waals surface area contributed by atoms with Gasteiger partial charge in [0.2, 0.25) is 0 Å². The molecule has 0 bridgehead atoms. The van der Waals surface area contributed by atoms with Gasteiger partial charge in [-0.25, -0.2) is 16.8 Å². The Kier molecular flexibility index (Phi) is 3.34. The zero-order valence-corrected chi connectivity index (χ0v) is 12.4. The van der Waals surface area contributed by atoms with Crippen LogP contribution in [0.3, 0.4) is 0 Å². The minimum atomic E-state index is -3.75. The minimum absolute atomic E-state index is 0.184. The fourth-order valence-corrected chi connectivity index (χ4v) is 4.57. The van der Waals surface area contributed by atoms with Crippen LogP contribution in [-0.2, 0) is 19.7 Å². The molecule has 2 rings (SSSR count). The van der Waals surface area contributed by atoms with E-state index in [-0.39, 0.29) is 21.2 Å². The van der Waals surface area contributed by atoms with Crippen LogP contribution < -0.4 is 5.73 Å². The molecule has 0 unspecified atom stereocenters. The average molecular weight is 315 g/mol. The number of nitrogens with two attached hydrogens (primary N) is 1. The van der Waals surface area contributed by atoms with Crippen LogP contribution >= 0.6 is 0 Å². The molecule has 7 nitrogen and oxygen atoms in total. The number of nitrogens with one attached hydrogen (secondary N) is 1. The largest absolute Gasteiger partial charge is 0.382 e. The van der Waals surface area contributed by atoms with Gasteiger partial charge in [0.1, 0.15) is 5.82 Å². The number of nitrogens with zero attached hydrogens (tertiary/aromatic N) is 1. The molecule has 2 aromatic rings. The Bertz CT molecular complexity index is 867. The third-order valence-electron chi connectivity index (χ3n) is 2.64. The number of aromatic nitrogens is 2. The van der Waals surface area contributed by atoms with Gasteiger partial charge in [-0.05, 0) is 6.07 Å². The van der Waals surface area contributed by atoms with Crippen LogP contribution in [0.15, 0.2) is 34.1 Å². The lowest BCUT2D eigenvalue weighted by atomic mass is 10.1. The molecule has 0 aliphatic heterocycles. The van der Waals surface area contributed by atoms with Gasteiger partial charge >= 0.3 is 0 Å². The SMILES string of the molecule is CS(=O)(=O)c1cccc(-c2cc(N)n[nH]2)c1S(C)(=O)=O. The Morgan fingerprint density at radius 3 is 2.20 bits per heavy atom. The second-order valence-electron chi connectivity index (χ2n) is 4.38. The molecule has 1 aromatic heterocycles. The molecule has 0 aliphatic carbocycles. The third-order valence-corrected chi connectivity index (χ3v) is 5.09. The smallest absolute Gasteiger partial charge is 0.177 e. The van der Waals surface area contributed by atoms with Crippen molar-refractivity contribution in [3.63, 3.8) is 0 Å². The van der Waals surface area contributed by atoms with Crippen molar-refractivity contribution in [1.82, 2.24) is 10.2 Å². The van der Waals surface area contributed by atoms with Crippen LogP contribution in [0, 0.1) is 0 Å². The maximum absolute atomic E-state index is 12.0. The van der Waals surface area contributed by atoms with Crippen LogP contribution in [0.25, 0.3) is 11.3 Å². The first-order chi connectivity index (χ1) is 9.10. The number of rotatable bonds is 3. The average Bonchev–Trinajstić information content (AvgIpc) is 2.72. The van der Waals surface area contributed by atoms with Crippen LogP contribution in [-0.4, -0.2) is 39.5 Å². The molecule has 0 radical (unpaired) electrons. The summed E-state index contributed by atoms with van der Waals surface area (Å²) in [5.41, 5.74) is 6.05. The fourth-order valence-electron chi connectivity index (χ4n) is 1.88. The van der Waals surface area contributed by atoms with Gasteiger partial charge in [0, 0.05) is 24.1 Å². The lowest BCUT2D eigenvalue weighted by Gasteiger charge is -2.10. The van der Waals surface area contributed by atoms with Crippen molar-refractivity contribution in [1.29, 1.82) is 0 Å². The highest BCUT2D eigenvalue weighted by molar-refractivity contribution is 7.93. The van der Waals surface area contributed by atoms with E-state index in [2.05, 4.69) is 10.2 Å². The molecule has 1 aromatic carbocycles. The highest BCUT2D eigenvalue weighted by atomic mass is 32.2. The van der Waals surface area contributed by atoms with Gasteiger partial charge in [0.25, 0.3) is 0 Å². The molecule has 0 atom stereocenters. The van der Waals surface area contributed by atoms with Crippen molar-refractivity contribution in [2.45, 2.75) is 9.79 Å². The lowest BCUT2D eigenvalue weighted by molar-refractivity contribution is 0.589. The molecular formula is C11H13N3O4S2.